The molecule has 0 saturated heterocycles. The van der Waals surface area contributed by atoms with Crippen LogP contribution in [0, 0.1) is 0 Å². The average molecular weight is 292 g/mol. The van der Waals surface area contributed by atoms with Crippen molar-refractivity contribution in [3.05, 3.63) is 46.7 Å². The summed E-state index contributed by atoms with van der Waals surface area (Å²) >= 11 is 12.2. The first-order valence-corrected chi connectivity index (χ1v) is 6.14. The molecule has 3 rings (SSSR count). The maximum absolute atomic E-state index is 6.20. The highest BCUT2D eigenvalue weighted by Gasteiger charge is 2.10. The molecule has 7 heteroatoms. The molecule has 0 fully saturated rings. The molecule has 0 saturated carbocycles. The number of hydrogen-bond donors (Lipinski definition) is 1. The van der Waals surface area contributed by atoms with Crippen molar-refractivity contribution in [3.63, 3.8) is 0 Å². The van der Waals surface area contributed by atoms with E-state index in [0.717, 1.165) is 16.7 Å². The van der Waals surface area contributed by atoms with Gasteiger partial charge in [-0.25, -0.2) is 0 Å². The predicted octanol–water partition coefficient (Wildman–Crippen LogP) is 3.24. The van der Waals surface area contributed by atoms with E-state index in [1.165, 1.54) is 0 Å². The van der Waals surface area contributed by atoms with Crippen LogP contribution in [0.4, 0.5) is 0 Å². The van der Waals surface area contributed by atoms with Crippen molar-refractivity contribution in [1.29, 1.82) is 0 Å². The van der Waals surface area contributed by atoms with E-state index in [9.17, 15) is 0 Å². The Labute approximate surface area is 118 Å². The second-order valence-corrected chi connectivity index (χ2v) is 4.58. The van der Waals surface area contributed by atoms with Gasteiger partial charge in [0.1, 0.15) is 0 Å². The number of hydrogen-bond acceptors (Lipinski definition) is 4. The molecule has 2 aromatic heterocycles. The fourth-order valence-electron chi connectivity index (χ4n) is 1.72. The minimum absolute atomic E-state index is 0.479. The minimum atomic E-state index is 0.479. The first-order chi connectivity index (χ1) is 9.25. The highest BCUT2D eigenvalue weighted by Crippen LogP contribution is 2.34. The van der Waals surface area contributed by atoms with Gasteiger partial charge in [0.05, 0.1) is 10.0 Å². The zero-order valence-corrected chi connectivity index (χ0v) is 11.0. The van der Waals surface area contributed by atoms with Crippen LogP contribution in [-0.2, 0) is 0 Å². The minimum Gasteiger partial charge on any atom is -0.263 e. The summed E-state index contributed by atoms with van der Waals surface area (Å²) in [5.74, 6) is 0.479. The second kappa shape index (κ2) is 4.95. The summed E-state index contributed by atoms with van der Waals surface area (Å²) in [6, 6.07) is 7.34. The van der Waals surface area contributed by atoms with E-state index in [-0.39, 0.29) is 0 Å². The Morgan fingerprint density at radius 3 is 2.68 bits per heavy atom. The molecule has 2 heterocycles. The van der Waals surface area contributed by atoms with Crippen LogP contribution in [0.15, 0.2) is 36.7 Å². The Balaban J connectivity index is 2.11. The summed E-state index contributed by atoms with van der Waals surface area (Å²) in [6.45, 7) is 0. The average Bonchev–Trinajstić information content (AvgIpc) is 2.96. The smallest absolute Gasteiger partial charge is 0.206 e. The monoisotopic (exact) mass is 291 g/mol. The van der Waals surface area contributed by atoms with Crippen molar-refractivity contribution in [1.82, 2.24) is 25.6 Å². The number of rotatable bonds is 2. The SMILES string of the molecule is Clc1cccc(-c2cncc(-c3nn[nH]n3)c2)c1Cl. The lowest BCUT2D eigenvalue weighted by Gasteiger charge is -2.06. The summed E-state index contributed by atoms with van der Waals surface area (Å²) in [5, 5.41) is 14.8. The van der Waals surface area contributed by atoms with E-state index < -0.39 is 0 Å². The molecular weight excluding hydrogens is 285 g/mol. The molecule has 0 aliphatic rings. The quantitative estimate of drug-likeness (QED) is 0.787. The molecule has 0 bridgehead atoms. The third kappa shape index (κ3) is 2.30. The van der Waals surface area contributed by atoms with Crippen molar-refractivity contribution in [2.45, 2.75) is 0 Å². The third-order valence-corrected chi connectivity index (χ3v) is 3.42. The highest BCUT2D eigenvalue weighted by atomic mass is 35.5. The van der Waals surface area contributed by atoms with Crippen LogP contribution >= 0.6 is 23.2 Å². The number of tetrazole rings is 1. The zero-order valence-electron chi connectivity index (χ0n) is 9.51. The van der Waals surface area contributed by atoms with Gasteiger partial charge in [0.2, 0.25) is 5.82 Å². The van der Waals surface area contributed by atoms with E-state index in [1.54, 1.807) is 18.5 Å². The normalized spacial score (nSPS) is 10.6. The predicted molar refractivity (Wildman–Crippen MR) is 72.9 cm³/mol. The van der Waals surface area contributed by atoms with Gasteiger partial charge in [-0.3, -0.25) is 4.98 Å². The Morgan fingerprint density at radius 1 is 1.05 bits per heavy atom. The first-order valence-electron chi connectivity index (χ1n) is 5.39. The summed E-state index contributed by atoms with van der Waals surface area (Å²) in [4.78, 5) is 4.16. The Kier molecular flexibility index (Phi) is 3.15. The summed E-state index contributed by atoms with van der Waals surface area (Å²) < 4.78 is 0. The van der Waals surface area contributed by atoms with Gasteiger partial charge in [-0.05, 0) is 17.3 Å². The number of aromatic amines is 1. The van der Waals surface area contributed by atoms with Crippen molar-refractivity contribution < 1.29 is 0 Å². The number of nitrogens with zero attached hydrogens (tertiary/aromatic N) is 4. The Hall–Kier alpha value is -1.98. The van der Waals surface area contributed by atoms with Gasteiger partial charge >= 0.3 is 0 Å². The van der Waals surface area contributed by atoms with E-state index >= 15 is 0 Å². The van der Waals surface area contributed by atoms with E-state index in [0.29, 0.717) is 15.9 Å². The number of benzene rings is 1. The summed E-state index contributed by atoms with van der Waals surface area (Å²) in [6.07, 6.45) is 3.37. The van der Waals surface area contributed by atoms with Crippen molar-refractivity contribution in [2.24, 2.45) is 0 Å². The number of H-pyrrole nitrogens is 1. The van der Waals surface area contributed by atoms with Crippen LogP contribution < -0.4 is 0 Å². The molecule has 0 unspecified atom stereocenters. The zero-order chi connectivity index (χ0) is 13.2. The van der Waals surface area contributed by atoms with Crippen LogP contribution in [0.5, 0.6) is 0 Å². The van der Waals surface area contributed by atoms with Gasteiger partial charge in [-0.15, -0.1) is 10.2 Å². The molecule has 5 nitrogen and oxygen atoms in total. The third-order valence-electron chi connectivity index (χ3n) is 2.60. The van der Waals surface area contributed by atoms with Gasteiger partial charge in [0.15, 0.2) is 0 Å². The molecule has 3 aromatic rings. The summed E-state index contributed by atoms with van der Waals surface area (Å²) in [7, 11) is 0. The standard InChI is InChI=1S/C12H7Cl2N5/c13-10-3-1-2-9(11(10)14)7-4-8(6-15-5-7)12-16-18-19-17-12/h1-6H,(H,16,17,18,19). The van der Waals surface area contributed by atoms with Gasteiger partial charge in [0, 0.05) is 29.1 Å². The van der Waals surface area contributed by atoms with Gasteiger partial charge in [-0.2, -0.15) is 5.21 Å². The fraction of sp³-hybridized carbons (Fsp3) is 0. The summed E-state index contributed by atoms with van der Waals surface area (Å²) in [5.41, 5.74) is 2.41. The van der Waals surface area contributed by atoms with Crippen LogP contribution in [0.3, 0.4) is 0 Å². The second-order valence-electron chi connectivity index (χ2n) is 3.80. The van der Waals surface area contributed by atoms with Gasteiger partial charge < -0.3 is 0 Å². The number of pyridine rings is 1. The topological polar surface area (TPSA) is 67.3 Å². The van der Waals surface area contributed by atoms with Gasteiger partial charge in [-0.1, -0.05) is 35.3 Å². The number of nitrogens with one attached hydrogen (secondary N) is 1. The maximum Gasteiger partial charge on any atom is 0.206 e. The Bertz CT molecular complexity index is 712. The molecular formula is C12H7Cl2N5. The van der Waals surface area contributed by atoms with E-state index in [2.05, 4.69) is 25.6 Å². The maximum atomic E-state index is 6.20. The fourth-order valence-corrected chi connectivity index (χ4v) is 2.13. The molecule has 0 radical (unpaired) electrons. The lowest BCUT2D eigenvalue weighted by atomic mass is 10.1. The molecule has 0 aliphatic carbocycles. The first kappa shape index (κ1) is 12.1. The molecule has 0 atom stereocenters. The van der Waals surface area contributed by atoms with Crippen molar-refractivity contribution in [2.75, 3.05) is 0 Å². The van der Waals surface area contributed by atoms with Crippen molar-refractivity contribution in [3.8, 4) is 22.5 Å². The molecule has 1 N–H and O–H groups in total. The number of halogens is 2. The molecule has 0 aliphatic heterocycles. The van der Waals surface area contributed by atoms with Crippen LogP contribution in [-0.4, -0.2) is 25.6 Å². The van der Waals surface area contributed by atoms with Crippen LogP contribution in [0.2, 0.25) is 10.0 Å². The lowest BCUT2D eigenvalue weighted by Crippen LogP contribution is -1.87. The molecule has 94 valence electrons. The molecule has 0 spiro atoms. The molecule has 0 amide bonds. The van der Waals surface area contributed by atoms with Gasteiger partial charge in [0.25, 0.3) is 0 Å². The van der Waals surface area contributed by atoms with Crippen molar-refractivity contribution >= 4 is 23.2 Å². The van der Waals surface area contributed by atoms with E-state index in [4.69, 9.17) is 23.2 Å². The lowest BCUT2D eigenvalue weighted by molar-refractivity contribution is 0.881. The largest absolute Gasteiger partial charge is 0.263 e. The van der Waals surface area contributed by atoms with Crippen LogP contribution in [0.25, 0.3) is 22.5 Å². The Morgan fingerprint density at radius 2 is 1.89 bits per heavy atom. The van der Waals surface area contributed by atoms with E-state index in [1.807, 2.05) is 18.2 Å². The van der Waals surface area contributed by atoms with Crippen LogP contribution in [0.1, 0.15) is 0 Å². The molecule has 19 heavy (non-hydrogen) atoms. The number of aromatic nitrogens is 5. The molecule has 1 aromatic carbocycles. The highest BCUT2D eigenvalue weighted by molar-refractivity contribution is 6.43.